The third kappa shape index (κ3) is 6.18. The highest BCUT2D eigenvalue weighted by atomic mass is 19.4. The number of ether oxygens (including phenoxy) is 2. The van der Waals surface area contributed by atoms with Crippen molar-refractivity contribution in [3.8, 4) is 0 Å². The minimum absolute atomic E-state index is 0.00951. The van der Waals surface area contributed by atoms with Crippen LogP contribution < -0.4 is 0 Å². The Labute approximate surface area is 192 Å². The molecule has 0 N–H and O–H groups in total. The maximum absolute atomic E-state index is 14.0. The Balaban J connectivity index is 3.10. The maximum Gasteiger partial charge on any atom is 0.384 e. The Bertz CT molecular complexity index is 822. The molecule has 0 atom stereocenters. The summed E-state index contributed by atoms with van der Waals surface area (Å²) in [6, 6.07) is 3.80. The molecule has 2 nitrogen and oxygen atoms in total. The number of halogens is 12. The van der Waals surface area contributed by atoms with Gasteiger partial charge in [-0.15, -0.1) is 0 Å². The van der Waals surface area contributed by atoms with Crippen molar-refractivity contribution in [1.29, 1.82) is 0 Å². The van der Waals surface area contributed by atoms with Gasteiger partial charge in [0.25, 0.3) is 0 Å². The molecule has 0 radical (unpaired) electrons. The van der Waals surface area contributed by atoms with E-state index in [2.05, 4.69) is 16.1 Å². The molecule has 0 aromatic heterocycles. The summed E-state index contributed by atoms with van der Waals surface area (Å²) in [5, 5.41) is 0. The normalized spacial score (nSPS) is 14.2. The zero-order chi connectivity index (χ0) is 27.3. The number of hydrogen-bond donors (Lipinski definition) is 0. The molecule has 35 heavy (non-hydrogen) atoms. The summed E-state index contributed by atoms with van der Waals surface area (Å²) in [5.74, 6) is -41.7. The van der Waals surface area contributed by atoms with Gasteiger partial charge in [-0.05, 0) is 25.3 Å². The van der Waals surface area contributed by atoms with Crippen LogP contribution in [-0.2, 0) is 15.9 Å². The minimum atomic E-state index is -7.61. The molecule has 0 bridgehead atoms. The summed E-state index contributed by atoms with van der Waals surface area (Å²) in [5.41, 5.74) is -0.279. The van der Waals surface area contributed by atoms with E-state index in [0.717, 1.165) is 30.5 Å². The van der Waals surface area contributed by atoms with Gasteiger partial charge in [-0.3, -0.25) is 0 Å². The summed E-state index contributed by atoms with van der Waals surface area (Å²) >= 11 is 0. The average Bonchev–Trinajstić information content (AvgIpc) is 2.73. The molecule has 0 spiro atoms. The Morgan fingerprint density at radius 1 is 0.686 bits per heavy atom. The molecule has 0 unspecified atom stereocenters. The van der Waals surface area contributed by atoms with Crippen LogP contribution in [0.15, 0.2) is 37.1 Å². The lowest BCUT2D eigenvalue weighted by molar-refractivity contribution is -0.427. The minimum Gasteiger partial charge on any atom is -0.502 e. The number of aryl methyl sites for hydroxylation is 1. The van der Waals surface area contributed by atoms with E-state index in [9.17, 15) is 52.7 Å². The monoisotopic (exact) mass is 534 g/mol. The largest absolute Gasteiger partial charge is 0.502 e. The van der Waals surface area contributed by atoms with E-state index >= 15 is 0 Å². The van der Waals surface area contributed by atoms with Crippen LogP contribution in [0.5, 0.6) is 0 Å². The zero-order valence-electron chi connectivity index (χ0n) is 18.2. The lowest BCUT2D eigenvalue weighted by Gasteiger charge is -2.41. The summed E-state index contributed by atoms with van der Waals surface area (Å²) in [7, 11) is 0. The van der Waals surface area contributed by atoms with Gasteiger partial charge in [-0.1, -0.05) is 36.4 Å². The molecular weight excluding hydrogens is 512 g/mol. The van der Waals surface area contributed by atoms with E-state index in [1.165, 1.54) is 6.92 Å². The fourth-order valence-corrected chi connectivity index (χ4v) is 2.69. The lowest BCUT2D eigenvalue weighted by Crippen LogP contribution is -2.71. The quantitative estimate of drug-likeness (QED) is 0.134. The van der Waals surface area contributed by atoms with Crippen LogP contribution in [0.2, 0.25) is 0 Å². The first-order valence-electron chi connectivity index (χ1n) is 9.91. The van der Waals surface area contributed by atoms with Gasteiger partial charge in [-0.25, -0.2) is 0 Å². The molecule has 1 aromatic carbocycles. The van der Waals surface area contributed by atoms with Gasteiger partial charge in [-0.2, -0.15) is 52.7 Å². The van der Waals surface area contributed by atoms with E-state index in [1.54, 1.807) is 0 Å². The van der Waals surface area contributed by atoms with Crippen LogP contribution in [0.4, 0.5) is 52.7 Å². The van der Waals surface area contributed by atoms with E-state index in [0.29, 0.717) is 5.56 Å². The van der Waals surface area contributed by atoms with Gasteiger partial charge in [0.05, 0.1) is 12.9 Å². The first-order valence-corrected chi connectivity index (χ1v) is 9.91. The first kappa shape index (κ1) is 30.9. The smallest absolute Gasteiger partial charge is 0.384 e. The van der Waals surface area contributed by atoms with Crippen LogP contribution in [0, 0.1) is 6.92 Å². The molecule has 202 valence electrons. The molecular formula is C21H22F12O2. The van der Waals surface area contributed by atoms with Gasteiger partial charge in [0.1, 0.15) is 6.61 Å². The summed E-state index contributed by atoms with van der Waals surface area (Å²) < 4.78 is 176. The third-order valence-corrected chi connectivity index (χ3v) is 4.85. The molecule has 0 amide bonds. The van der Waals surface area contributed by atoms with E-state index in [1.807, 2.05) is 0 Å². The SMILES string of the molecule is C=COCCCCOCC(F)(F)C(F)(F)C(F)(F)C(F)(F)C(F)(F)C(F)(F)Cc1ccc(C)cc1. The van der Waals surface area contributed by atoms with Crippen molar-refractivity contribution in [2.24, 2.45) is 0 Å². The molecule has 1 aromatic rings. The molecule has 0 aliphatic heterocycles. The second kappa shape index (κ2) is 10.9. The predicted molar refractivity (Wildman–Crippen MR) is 101 cm³/mol. The topological polar surface area (TPSA) is 18.5 Å². The number of benzene rings is 1. The number of hydrogen-bond acceptors (Lipinski definition) is 2. The fourth-order valence-electron chi connectivity index (χ4n) is 2.69. The molecule has 0 fully saturated rings. The second-order valence-electron chi connectivity index (χ2n) is 7.67. The first-order chi connectivity index (χ1) is 15.8. The van der Waals surface area contributed by atoms with Crippen molar-refractivity contribution in [1.82, 2.24) is 0 Å². The summed E-state index contributed by atoms with van der Waals surface area (Å²) in [6.45, 7) is 1.34. The van der Waals surface area contributed by atoms with E-state index in [4.69, 9.17) is 0 Å². The van der Waals surface area contributed by atoms with Gasteiger partial charge in [0, 0.05) is 13.0 Å². The third-order valence-electron chi connectivity index (χ3n) is 4.85. The maximum atomic E-state index is 14.0. The highest BCUT2D eigenvalue weighted by Gasteiger charge is 2.89. The molecule has 0 heterocycles. The highest BCUT2D eigenvalue weighted by molar-refractivity contribution is 5.24. The second-order valence-corrected chi connectivity index (χ2v) is 7.67. The Morgan fingerprint density at radius 3 is 1.63 bits per heavy atom. The van der Waals surface area contributed by atoms with Crippen LogP contribution in [0.25, 0.3) is 0 Å². The van der Waals surface area contributed by atoms with Gasteiger partial charge < -0.3 is 9.47 Å². The number of unbranched alkanes of at least 4 members (excludes halogenated alkanes) is 1. The van der Waals surface area contributed by atoms with Crippen molar-refractivity contribution in [2.75, 3.05) is 19.8 Å². The van der Waals surface area contributed by atoms with Crippen molar-refractivity contribution >= 4 is 0 Å². The van der Waals surface area contributed by atoms with Crippen LogP contribution >= 0.6 is 0 Å². The fraction of sp³-hybridized carbons (Fsp3) is 0.619. The zero-order valence-corrected chi connectivity index (χ0v) is 18.2. The highest BCUT2D eigenvalue weighted by Crippen LogP contribution is 2.60. The Kier molecular flexibility index (Phi) is 9.60. The van der Waals surface area contributed by atoms with Crippen molar-refractivity contribution < 1.29 is 62.2 Å². The molecule has 0 saturated carbocycles. The lowest BCUT2D eigenvalue weighted by atomic mass is 9.89. The van der Waals surface area contributed by atoms with Crippen molar-refractivity contribution in [3.63, 3.8) is 0 Å². The molecule has 0 aliphatic rings. The Morgan fingerprint density at radius 2 is 1.14 bits per heavy atom. The molecule has 0 aliphatic carbocycles. The van der Waals surface area contributed by atoms with Crippen molar-refractivity contribution in [2.45, 2.75) is 61.7 Å². The van der Waals surface area contributed by atoms with Crippen LogP contribution in [-0.4, -0.2) is 55.4 Å². The standard InChI is InChI=1S/C21H22F12O2/c1-3-34-10-4-5-11-35-13-17(24,25)19(28,29)21(32,33)20(30,31)18(26,27)16(22,23)12-15-8-6-14(2)7-9-15/h3,6-9H,1,4-5,10-13H2,2H3. The van der Waals surface area contributed by atoms with E-state index in [-0.39, 0.29) is 19.4 Å². The van der Waals surface area contributed by atoms with Gasteiger partial charge >= 0.3 is 35.5 Å². The molecule has 14 heteroatoms. The number of rotatable bonds is 15. The van der Waals surface area contributed by atoms with Gasteiger partial charge in [0.15, 0.2) is 0 Å². The Hall–Kier alpha value is -2.12. The molecule has 1 rings (SSSR count). The summed E-state index contributed by atoms with van der Waals surface area (Å²) in [6.07, 6.45) is -1.24. The van der Waals surface area contributed by atoms with Crippen LogP contribution in [0.3, 0.4) is 0 Å². The van der Waals surface area contributed by atoms with E-state index < -0.39 is 60.7 Å². The molecule has 0 saturated heterocycles. The average molecular weight is 534 g/mol. The number of alkyl halides is 12. The van der Waals surface area contributed by atoms with Gasteiger partial charge in [0.2, 0.25) is 0 Å². The van der Waals surface area contributed by atoms with Crippen molar-refractivity contribution in [3.05, 3.63) is 48.2 Å². The predicted octanol–water partition coefficient (Wildman–Crippen LogP) is 7.31. The van der Waals surface area contributed by atoms with Crippen LogP contribution in [0.1, 0.15) is 24.0 Å². The summed E-state index contributed by atoms with van der Waals surface area (Å²) in [4.78, 5) is 0.